The molecular weight excluding hydrogens is 394 g/mol. The van der Waals surface area contributed by atoms with Gasteiger partial charge in [-0.15, -0.1) is 11.3 Å². The number of benzene rings is 1. The van der Waals surface area contributed by atoms with E-state index in [2.05, 4.69) is 15.0 Å². The van der Waals surface area contributed by atoms with Gasteiger partial charge in [-0.05, 0) is 42.8 Å². The Morgan fingerprint density at radius 3 is 2.50 bits per heavy atom. The van der Waals surface area contributed by atoms with Crippen LogP contribution in [0, 0.1) is 6.92 Å². The van der Waals surface area contributed by atoms with E-state index in [9.17, 15) is 4.79 Å². The number of aromatic nitrogens is 3. The second-order valence-electron chi connectivity index (χ2n) is 7.59. The lowest BCUT2D eigenvalue weighted by molar-refractivity contribution is 0.0633. The Morgan fingerprint density at radius 2 is 1.77 bits per heavy atom. The summed E-state index contributed by atoms with van der Waals surface area (Å²) >= 11 is 1.53. The quantitative estimate of drug-likeness (QED) is 0.508. The predicted octanol–water partition coefficient (Wildman–Crippen LogP) is 3.75. The Labute approximate surface area is 179 Å². The summed E-state index contributed by atoms with van der Waals surface area (Å²) in [6.45, 7) is 6.18. The Bertz CT molecular complexity index is 1160. The summed E-state index contributed by atoms with van der Waals surface area (Å²) in [7, 11) is 0. The summed E-state index contributed by atoms with van der Waals surface area (Å²) in [5.41, 5.74) is 3.22. The number of nitrogens with zero attached hydrogens (tertiary/aromatic N) is 5. The van der Waals surface area contributed by atoms with Crippen molar-refractivity contribution in [3.63, 3.8) is 0 Å². The summed E-state index contributed by atoms with van der Waals surface area (Å²) in [4.78, 5) is 23.4. The van der Waals surface area contributed by atoms with Gasteiger partial charge in [0.15, 0.2) is 0 Å². The van der Waals surface area contributed by atoms with Crippen LogP contribution in [0.4, 0.5) is 0 Å². The summed E-state index contributed by atoms with van der Waals surface area (Å²) < 4.78 is 1.94. The van der Waals surface area contributed by atoms with Crippen molar-refractivity contribution in [2.75, 3.05) is 26.2 Å². The number of para-hydroxylation sites is 1. The van der Waals surface area contributed by atoms with Crippen molar-refractivity contribution >= 4 is 27.5 Å². The molecule has 4 aromatic rings. The van der Waals surface area contributed by atoms with Gasteiger partial charge in [0.2, 0.25) is 0 Å². The number of carbonyl (C=O) groups excluding carboxylic acids is 1. The number of piperazine rings is 1. The first-order valence-corrected chi connectivity index (χ1v) is 11.0. The van der Waals surface area contributed by atoms with Crippen LogP contribution in [0.25, 0.3) is 15.9 Å². The van der Waals surface area contributed by atoms with Crippen LogP contribution in [0.3, 0.4) is 0 Å². The van der Waals surface area contributed by atoms with Gasteiger partial charge in [-0.25, -0.2) is 4.68 Å². The molecule has 0 N–H and O–H groups in total. The Morgan fingerprint density at radius 1 is 1.03 bits per heavy atom. The highest BCUT2D eigenvalue weighted by atomic mass is 32.1. The van der Waals surface area contributed by atoms with E-state index in [0.717, 1.165) is 59.2 Å². The van der Waals surface area contributed by atoms with E-state index in [-0.39, 0.29) is 5.91 Å². The van der Waals surface area contributed by atoms with Crippen LogP contribution < -0.4 is 0 Å². The largest absolute Gasteiger partial charge is 0.335 e. The number of rotatable bonds is 4. The van der Waals surface area contributed by atoms with E-state index in [1.54, 1.807) is 0 Å². The van der Waals surface area contributed by atoms with Gasteiger partial charge in [0.1, 0.15) is 4.83 Å². The number of thiophene rings is 1. The number of fused-ring (bicyclic) bond motifs is 1. The van der Waals surface area contributed by atoms with Gasteiger partial charge < -0.3 is 4.90 Å². The number of pyridine rings is 1. The maximum absolute atomic E-state index is 13.2. The minimum absolute atomic E-state index is 0.124. The smallest absolute Gasteiger partial charge is 0.264 e. The summed E-state index contributed by atoms with van der Waals surface area (Å²) in [5, 5.41) is 5.73. The lowest BCUT2D eigenvalue weighted by atomic mass is 10.2. The third-order valence-electron chi connectivity index (χ3n) is 5.57. The molecule has 0 saturated carbocycles. The molecule has 0 radical (unpaired) electrons. The normalized spacial score (nSPS) is 15.0. The number of carbonyl (C=O) groups is 1. The van der Waals surface area contributed by atoms with E-state index >= 15 is 0 Å². The number of amides is 1. The van der Waals surface area contributed by atoms with E-state index < -0.39 is 0 Å². The minimum Gasteiger partial charge on any atom is -0.335 e. The zero-order valence-electron chi connectivity index (χ0n) is 16.9. The van der Waals surface area contributed by atoms with Crippen molar-refractivity contribution < 1.29 is 4.79 Å². The van der Waals surface area contributed by atoms with E-state index in [4.69, 9.17) is 0 Å². The molecule has 1 saturated heterocycles. The Balaban J connectivity index is 1.31. The van der Waals surface area contributed by atoms with E-state index in [0.29, 0.717) is 0 Å². The molecule has 0 aliphatic carbocycles. The molecule has 3 aromatic heterocycles. The second kappa shape index (κ2) is 8.01. The lowest BCUT2D eigenvalue weighted by Gasteiger charge is -2.34. The van der Waals surface area contributed by atoms with Crippen molar-refractivity contribution in [2.45, 2.75) is 13.5 Å². The number of hydrogen-bond acceptors (Lipinski definition) is 5. The molecule has 0 unspecified atom stereocenters. The third kappa shape index (κ3) is 3.62. The van der Waals surface area contributed by atoms with Crippen molar-refractivity contribution in [1.82, 2.24) is 24.6 Å². The van der Waals surface area contributed by atoms with Gasteiger partial charge in [-0.3, -0.25) is 14.7 Å². The molecule has 1 aliphatic heterocycles. The van der Waals surface area contributed by atoms with E-state index in [1.165, 1.54) is 16.9 Å². The molecule has 30 heavy (non-hydrogen) atoms. The van der Waals surface area contributed by atoms with E-state index in [1.807, 2.05) is 77.4 Å². The molecule has 152 valence electrons. The van der Waals surface area contributed by atoms with Crippen molar-refractivity contribution in [3.8, 4) is 5.69 Å². The van der Waals surface area contributed by atoms with Crippen molar-refractivity contribution in [1.29, 1.82) is 0 Å². The predicted molar refractivity (Wildman–Crippen MR) is 119 cm³/mol. The molecule has 1 aliphatic rings. The van der Waals surface area contributed by atoms with Crippen LogP contribution in [0.1, 0.15) is 20.9 Å². The monoisotopic (exact) mass is 417 g/mol. The fourth-order valence-electron chi connectivity index (χ4n) is 3.91. The molecule has 0 spiro atoms. The number of aryl methyl sites for hydroxylation is 1. The van der Waals surface area contributed by atoms with Crippen LogP contribution in [0.5, 0.6) is 0 Å². The molecule has 7 heteroatoms. The van der Waals surface area contributed by atoms with Crippen LogP contribution in [0.2, 0.25) is 0 Å². The molecule has 6 nitrogen and oxygen atoms in total. The summed E-state index contributed by atoms with van der Waals surface area (Å²) in [5.74, 6) is 0.124. The fourth-order valence-corrected chi connectivity index (χ4v) is 5.06. The van der Waals surface area contributed by atoms with Gasteiger partial charge in [-0.1, -0.05) is 18.2 Å². The first-order valence-electron chi connectivity index (χ1n) is 10.1. The molecule has 1 amide bonds. The highest BCUT2D eigenvalue weighted by molar-refractivity contribution is 7.20. The first kappa shape index (κ1) is 19.0. The van der Waals surface area contributed by atoms with Crippen LogP contribution in [-0.2, 0) is 6.54 Å². The highest BCUT2D eigenvalue weighted by Gasteiger charge is 2.25. The van der Waals surface area contributed by atoms with Gasteiger partial charge >= 0.3 is 0 Å². The molecule has 4 heterocycles. The second-order valence-corrected chi connectivity index (χ2v) is 8.62. The van der Waals surface area contributed by atoms with Crippen LogP contribution in [0.15, 0.2) is 60.9 Å². The van der Waals surface area contributed by atoms with Crippen LogP contribution >= 0.6 is 11.3 Å². The maximum Gasteiger partial charge on any atom is 0.264 e. The van der Waals surface area contributed by atoms with Gasteiger partial charge in [0, 0.05) is 50.5 Å². The topological polar surface area (TPSA) is 54.3 Å². The standard InChI is InChI=1S/C23H23N5OS/c1-17-20-15-21(30-23(20)28(25-17)19-5-3-2-4-6-19)22(29)27-13-11-26(12-14-27)16-18-7-9-24-10-8-18/h2-10,15H,11-14,16H2,1H3. The zero-order chi connectivity index (χ0) is 20.5. The summed E-state index contributed by atoms with van der Waals surface area (Å²) in [6, 6.07) is 16.2. The summed E-state index contributed by atoms with van der Waals surface area (Å²) in [6.07, 6.45) is 3.66. The molecular formula is C23H23N5OS. The van der Waals surface area contributed by atoms with Crippen LogP contribution in [-0.4, -0.2) is 56.7 Å². The maximum atomic E-state index is 13.2. The number of hydrogen-bond donors (Lipinski definition) is 0. The van der Waals surface area contributed by atoms with Crippen molar-refractivity contribution in [2.24, 2.45) is 0 Å². The first-order chi connectivity index (χ1) is 14.7. The molecule has 0 bridgehead atoms. The highest BCUT2D eigenvalue weighted by Crippen LogP contribution is 2.31. The average molecular weight is 418 g/mol. The fraction of sp³-hybridized carbons (Fsp3) is 0.261. The van der Waals surface area contributed by atoms with Gasteiger partial charge in [0.05, 0.1) is 16.3 Å². The third-order valence-corrected chi connectivity index (χ3v) is 6.67. The Kier molecular flexibility index (Phi) is 5.06. The minimum atomic E-state index is 0.124. The lowest BCUT2D eigenvalue weighted by Crippen LogP contribution is -2.48. The zero-order valence-corrected chi connectivity index (χ0v) is 17.7. The van der Waals surface area contributed by atoms with Crippen molar-refractivity contribution in [3.05, 3.63) is 77.1 Å². The van der Waals surface area contributed by atoms with Gasteiger partial charge in [0.25, 0.3) is 5.91 Å². The molecule has 0 atom stereocenters. The molecule has 5 rings (SSSR count). The SMILES string of the molecule is Cc1nn(-c2ccccc2)c2sc(C(=O)N3CCN(Cc4ccncc4)CC3)cc12. The molecule has 1 fully saturated rings. The average Bonchev–Trinajstić information content (AvgIpc) is 3.36. The Hall–Kier alpha value is -3.03. The molecule has 1 aromatic carbocycles. The van der Waals surface area contributed by atoms with Gasteiger partial charge in [-0.2, -0.15) is 5.10 Å².